The summed E-state index contributed by atoms with van der Waals surface area (Å²) in [5, 5.41) is 3.24. The summed E-state index contributed by atoms with van der Waals surface area (Å²) in [4.78, 5) is 13.2. The first-order valence-corrected chi connectivity index (χ1v) is 12.6. The fourth-order valence-corrected chi connectivity index (χ4v) is 5.00. The van der Waals surface area contributed by atoms with Crippen LogP contribution in [0.2, 0.25) is 5.02 Å². The molecule has 0 fully saturated rings. The Morgan fingerprint density at radius 2 is 1.59 bits per heavy atom. The van der Waals surface area contributed by atoms with Crippen molar-refractivity contribution in [1.82, 2.24) is 4.57 Å². The van der Waals surface area contributed by atoms with Crippen LogP contribution in [0.4, 0.5) is 23.2 Å². The third kappa shape index (κ3) is 5.99. The normalized spacial score (nSPS) is 12.4. The molecular weight excluding hydrogens is 528 g/mol. The predicted octanol–water partition coefficient (Wildman–Crippen LogP) is 8.66. The van der Waals surface area contributed by atoms with Gasteiger partial charge in [-0.1, -0.05) is 66.2 Å². The van der Waals surface area contributed by atoms with Crippen molar-refractivity contribution in [2.45, 2.75) is 25.1 Å². The van der Waals surface area contributed by atoms with Gasteiger partial charge in [-0.3, -0.25) is 4.79 Å². The Hall–Kier alpha value is -4.10. The van der Waals surface area contributed by atoms with Crippen LogP contribution in [0.3, 0.4) is 0 Å². The first kappa shape index (κ1) is 26.5. The molecule has 8 heteroatoms. The van der Waals surface area contributed by atoms with E-state index in [0.717, 1.165) is 22.5 Å². The molecule has 3 nitrogen and oxygen atoms in total. The van der Waals surface area contributed by atoms with Gasteiger partial charge in [-0.15, -0.1) is 0 Å². The average Bonchev–Trinajstić information content (AvgIpc) is 3.27. The van der Waals surface area contributed by atoms with Gasteiger partial charge in [-0.25, -0.2) is 4.39 Å². The van der Waals surface area contributed by atoms with Crippen molar-refractivity contribution in [1.29, 1.82) is 0 Å². The number of para-hydroxylation sites is 2. The van der Waals surface area contributed by atoms with Crippen LogP contribution in [0.25, 0.3) is 10.9 Å². The molecule has 0 saturated heterocycles. The fourth-order valence-electron chi connectivity index (χ4n) is 4.77. The van der Waals surface area contributed by atoms with E-state index >= 15 is 0 Å². The number of hydrogen-bond acceptors (Lipinski definition) is 1. The number of nitrogens with one attached hydrogen (secondary N) is 1. The summed E-state index contributed by atoms with van der Waals surface area (Å²) in [6, 6.07) is 26.3. The molecule has 1 amide bonds. The van der Waals surface area contributed by atoms with Gasteiger partial charge in [0.2, 0.25) is 5.91 Å². The number of carbonyl (C=O) groups is 1. The molecule has 0 aliphatic rings. The van der Waals surface area contributed by atoms with Gasteiger partial charge in [0.15, 0.2) is 0 Å². The summed E-state index contributed by atoms with van der Waals surface area (Å²) in [6.45, 7) is 0.415. The number of fused-ring (bicyclic) bond motifs is 1. The molecule has 1 heterocycles. The maximum absolute atomic E-state index is 13.8. The van der Waals surface area contributed by atoms with Gasteiger partial charge >= 0.3 is 6.18 Å². The van der Waals surface area contributed by atoms with E-state index in [2.05, 4.69) is 5.32 Å². The second-order valence-corrected chi connectivity index (χ2v) is 9.67. The quantitative estimate of drug-likeness (QED) is 0.202. The average molecular weight is 551 g/mol. The lowest BCUT2D eigenvalue weighted by atomic mass is 9.87. The molecule has 5 aromatic rings. The topological polar surface area (TPSA) is 34.0 Å². The minimum absolute atomic E-state index is 0.0988. The van der Waals surface area contributed by atoms with Gasteiger partial charge in [-0.2, -0.15) is 13.2 Å². The lowest BCUT2D eigenvalue weighted by Gasteiger charge is -2.19. The summed E-state index contributed by atoms with van der Waals surface area (Å²) in [5.74, 6) is -1.39. The molecule has 1 unspecified atom stereocenters. The molecule has 0 saturated carbocycles. The van der Waals surface area contributed by atoms with Gasteiger partial charge in [0, 0.05) is 41.7 Å². The maximum Gasteiger partial charge on any atom is 0.417 e. The van der Waals surface area contributed by atoms with Crippen LogP contribution in [0, 0.1) is 5.82 Å². The van der Waals surface area contributed by atoms with Gasteiger partial charge in [0.25, 0.3) is 0 Å². The molecule has 0 spiro atoms. The number of amides is 1. The van der Waals surface area contributed by atoms with Crippen LogP contribution in [0.5, 0.6) is 0 Å². The molecule has 1 atom stereocenters. The highest BCUT2D eigenvalue weighted by atomic mass is 35.5. The Kier molecular flexibility index (Phi) is 7.44. The Labute approximate surface area is 227 Å². The summed E-state index contributed by atoms with van der Waals surface area (Å²) < 4.78 is 56.8. The van der Waals surface area contributed by atoms with E-state index in [1.165, 1.54) is 24.3 Å². The minimum Gasteiger partial charge on any atom is -0.343 e. The van der Waals surface area contributed by atoms with E-state index in [-0.39, 0.29) is 18.1 Å². The number of anilines is 1. The zero-order valence-electron chi connectivity index (χ0n) is 20.6. The first-order valence-electron chi connectivity index (χ1n) is 12.2. The van der Waals surface area contributed by atoms with Crippen molar-refractivity contribution >= 4 is 34.1 Å². The Morgan fingerprint density at radius 3 is 2.31 bits per heavy atom. The highest BCUT2D eigenvalue weighted by Crippen LogP contribution is 2.40. The third-order valence-electron chi connectivity index (χ3n) is 6.61. The zero-order chi connectivity index (χ0) is 27.6. The standard InChI is InChI=1S/C31H23ClF4N2O/c32-28-15-12-21(16-27(28)31(34,35)36)25(17-30(39)37-23-6-2-1-3-7-23)26-19-38(29-9-5-4-8-24(26)29)18-20-10-13-22(33)14-11-20/h1-16,19,25H,17-18H2,(H,37,39). The van der Waals surface area contributed by atoms with Crippen LogP contribution < -0.4 is 5.32 Å². The van der Waals surface area contributed by atoms with Gasteiger partial charge in [0.1, 0.15) is 5.82 Å². The van der Waals surface area contributed by atoms with Crippen LogP contribution >= 0.6 is 11.6 Å². The number of nitrogens with zero attached hydrogens (tertiary/aromatic N) is 1. The largest absolute Gasteiger partial charge is 0.417 e. The number of alkyl halides is 3. The monoisotopic (exact) mass is 550 g/mol. The number of carbonyl (C=O) groups excluding carboxylic acids is 1. The van der Waals surface area contributed by atoms with Crippen molar-refractivity contribution in [2.75, 3.05) is 5.32 Å². The predicted molar refractivity (Wildman–Crippen MR) is 145 cm³/mol. The highest BCUT2D eigenvalue weighted by Gasteiger charge is 2.34. The molecule has 1 N–H and O–H groups in total. The lowest BCUT2D eigenvalue weighted by molar-refractivity contribution is -0.137. The molecule has 0 aliphatic carbocycles. The first-order chi connectivity index (χ1) is 18.7. The van der Waals surface area contributed by atoms with Crippen LogP contribution in [-0.4, -0.2) is 10.5 Å². The van der Waals surface area contributed by atoms with Crippen molar-refractivity contribution < 1.29 is 22.4 Å². The molecule has 5 rings (SSSR count). The van der Waals surface area contributed by atoms with Gasteiger partial charge < -0.3 is 9.88 Å². The van der Waals surface area contributed by atoms with E-state index in [4.69, 9.17) is 11.6 Å². The number of hydrogen-bond donors (Lipinski definition) is 1. The molecule has 4 aromatic carbocycles. The second kappa shape index (κ2) is 10.9. The molecule has 0 aliphatic heterocycles. The summed E-state index contributed by atoms with van der Waals surface area (Å²) in [7, 11) is 0. The zero-order valence-corrected chi connectivity index (χ0v) is 21.3. The van der Waals surface area contributed by atoms with Crippen molar-refractivity contribution in [3.63, 3.8) is 0 Å². The number of rotatable bonds is 7. The molecule has 0 radical (unpaired) electrons. The van der Waals surface area contributed by atoms with E-state index in [0.29, 0.717) is 23.4 Å². The van der Waals surface area contributed by atoms with Crippen molar-refractivity contribution in [2.24, 2.45) is 0 Å². The highest BCUT2D eigenvalue weighted by molar-refractivity contribution is 6.31. The lowest BCUT2D eigenvalue weighted by Crippen LogP contribution is -2.17. The minimum atomic E-state index is -4.65. The van der Waals surface area contributed by atoms with Crippen molar-refractivity contribution in [3.8, 4) is 0 Å². The Bertz CT molecular complexity index is 1610. The smallest absolute Gasteiger partial charge is 0.343 e. The summed E-state index contributed by atoms with van der Waals surface area (Å²) in [6.07, 6.45) is -2.89. The van der Waals surface area contributed by atoms with Crippen LogP contribution in [-0.2, 0) is 17.5 Å². The maximum atomic E-state index is 13.8. The second-order valence-electron chi connectivity index (χ2n) is 9.26. The Morgan fingerprint density at radius 1 is 0.897 bits per heavy atom. The summed E-state index contributed by atoms with van der Waals surface area (Å²) >= 11 is 5.92. The number of halogens is 5. The van der Waals surface area contributed by atoms with E-state index in [1.807, 2.05) is 41.1 Å². The van der Waals surface area contributed by atoms with Gasteiger partial charge in [0.05, 0.1) is 10.6 Å². The fraction of sp³-hybridized carbons (Fsp3) is 0.129. The Balaban J connectivity index is 1.60. The van der Waals surface area contributed by atoms with Crippen molar-refractivity contribution in [3.05, 3.63) is 136 Å². The SMILES string of the molecule is O=C(CC(c1ccc(Cl)c(C(F)(F)F)c1)c1cn(Cc2ccc(F)cc2)c2ccccc12)Nc1ccccc1. The third-order valence-corrected chi connectivity index (χ3v) is 6.94. The molecule has 39 heavy (non-hydrogen) atoms. The van der Waals surface area contributed by atoms with Crippen LogP contribution in [0.1, 0.15) is 34.6 Å². The summed E-state index contributed by atoms with van der Waals surface area (Å²) in [5.41, 5.74) is 2.35. The van der Waals surface area contributed by atoms with Gasteiger partial charge in [-0.05, 0) is 59.2 Å². The van der Waals surface area contributed by atoms with Crippen LogP contribution in [0.15, 0.2) is 103 Å². The molecule has 198 valence electrons. The number of aromatic nitrogens is 1. The molecule has 0 bridgehead atoms. The van der Waals surface area contributed by atoms with E-state index in [9.17, 15) is 22.4 Å². The van der Waals surface area contributed by atoms with E-state index in [1.54, 1.807) is 36.4 Å². The molecular formula is C31H23ClF4N2O. The van der Waals surface area contributed by atoms with E-state index < -0.39 is 22.7 Å². The number of benzene rings is 4. The molecule has 1 aromatic heterocycles.